The Morgan fingerprint density at radius 2 is 1.68 bits per heavy atom. The van der Waals surface area contributed by atoms with Gasteiger partial charge in [-0.15, -0.1) is 0 Å². The number of ketones is 2. The van der Waals surface area contributed by atoms with Gasteiger partial charge >= 0.3 is 0 Å². The fourth-order valence-electron chi connectivity index (χ4n) is 2.75. The Kier molecular flexibility index (Phi) is 5.17. The molecule has 1 N–H and O–H groups in total. The molecule has 0 aliphatic rings. The molecule has 1 aromatic heterocycles. The highest BCUT2D eigenvalue weighted by molar-refractivity contribution is 7.90. The highest BCUT2D eigenvalue weighted by atomic mass is 32.2. The van der Waals surface area contributed by atoms with Crippen molar-refractivity contribution in [2.45, 2.75) is 38.7 Å². The molecule has 0 fully saturated rings. The van der Waals surface area contributed by atoms with Crippen molar-refractivity contribution in [3.05, 3.63) is 46.8 Å². The van der Waals surface area contributed by atoms with Crippen LogP contribution < -0.4 is 4.74 Å². The van der Waals surface area contributed by atoms with Crippen molar-refractivity contribution in [2.24, 2.45) is 0 Å². The van der Waals surface area contributed by atoms with E-state index >= 15 is 0 Å². The molecule has 134 valence electrons. The molecule has 1 aromatic carbocycles. The maximum absolute atomic E-state index is 12.6. The lowest BCUT2D eigenvalue weighted by atomic mass is 10.0. The van der Waals surface area contributed by atoms with Crippen LogP contribution >= 0.6 is 0 Å². The lowest BCUT2D eigenvalue weighted by Gasteiger charge is -2.14. The number of hydrogen-bond donors (Lipinski definition) is 1. The van der Waals surface area contributed by atoms with Crippen molar-refractivity contribution in [3.8, 4) is 5.75 Å². The summed E-state index contributed by atoms with van der Waals surface area (Å²) in [5, 5.41) is 0. The van der Waals surface area contributed by atoms with Crippen LogP contribution in [-0.4, -0.2) is 37.3 Å². The molecule has 0 aliphatic carbocycles. The summed E-state index contributed by atoms with van der Waals surface area (Å²) in [5.74, 6) is 0.0106. The van der Waals surface area contributed by atoms with E-state index in [1.807, 2.05) is 0 Å². The van der Waals surface area contributed by atoms with Crippen molar-refractivity contribution in [2.75, 3.05) is 6.26 Å². The lowest BCUT2D eigenvalue weighted by molar-refractivity contribution is 0.0812. The van der Waals surface area contributed by atoms with E-state index in [4.69, 9.17) is 4.74 Å². The minimum atomic E-state index is -3.28. The number of sulfone groups is 1. The van der Waals surface area contributed by atoms with E-state index < -0.39 is 15.9 Å². The summed E-state index contributed by atoms with van der Waals surface area (Å²) >= 11 is 0. The molecule has 7 heteroatoms. The van der Waals surface area contributed by atoms with Crippen LogP contribution in [0, 0.1) is 13.8 Å². The third kappa shape index (κ3) is 3.99. The maximum atomic E-state index is 12.6. The van der Waals surface area contributed by atoms with Gasteiger partial charge in [-0.2, -0.15) is 0 Å². The first-order valence-corrected chi connectivity index (χ1v) is 9.62. The number of benzene rings is 1. The molecule has 2 aromatic rings. The van der Waals surface area contributed by atoms with Crippen molar-refractivity contribution >= 4 is 21.4 Å². The normalized spacial score (nSPS) is 12.7. The first-order valence-electron chi connectivity index (χ1n) is 7.73. The molecular weight excluding hydrogens is 342 g/mol. The van der Waals surface area contributed by atoms with E-state index in [0.717, 1.165) is 6.26 Å². The summed E-state index contributed by atoms with van der Waals surface area (Å²) in [5.41, 5.74) is 2.13. The van der Waals surface area contributed by atoms with Crippen LogP contribution in [-0.2, 0) is 9.84 Å². The largest absolute Gasteiger partial charge is 0.483 e. The smallest absolute Gasteiger partial charge is 0.219 e. The van der Waals surface area contributed by atoms with Crippen LogP contribution in [0.2, 0.25) is 0 Å². The highest BCUT2D eigenvalue weighted by Crippen LogP contribution is 2.22. The monoisotopic (exact) mass is 363 g/mol. The summed E-state index contributed by atoms with van der Waals surface area (Å²) in [6.07, 6.45) is 0.332. The number of hydrogen-bond acceptors (Lipinski definition) is 5. The number of carbonyl (C=O) groups is 2. The minimum absolute atomic E-state index is 0.102. The molecule has 0 unspecified atom stereocenters. The molecule has 0 saturated carbocycles. The topological polar surface area (TPSA) is 93.3 Å². The number of rotatable bonds is 6. The first kappa shape index (κ1) is 18.9. The number of Topliss-reactive ketones (excluding diaryl/α,β-unsaturated/α-hetero) is 2. The van der Waals surface area contributed by atoms with Crippen LogP contribution in [0.25, 0.3) is 0 Å². The number of aryl methyl sites for hydroxylation is 1. The van der Waals surface area contributed by atoms with E-state index in [1.165, 1.54) is 31.2 Å². The fourth-order valence-corrected chi connectivity index (χ4v) is 3.38. The van der Waals surface area contributed by atoms with Crippen LogP contribution in [0.3, 0.4) is 0 Å². The van der Waals surface area contributed by atoms with Crippen molar-refractivity contribution in [1.29, 1.82) is 0 Å². The first-order chi connectivity index (χ1) is 11.5. The van der Waals surface area contributed by atoms with Crippen molar-refractivity contribution < 1.29 is 22.7 Å². The van der Waals surface area contributed by atoms with E-state index in [9.17, 15) is 18.0 Å². The van der Waals surface area contributed by atoms with E-state index in [1.54, 1.807) is 20.8 Å². The minimum Gasteiger partial charge on any atom is -0.483 e. The third-order valence-corrected chi connectivity index (χ3v) is 5.10. The van der Waals surface area contributed by atoms with Gasteiger partial charge in [-0.1, -0.05) is 0 Å². The summed E-state index contributed by atoms with van der Waals surface area (Å²) in [7, 11) is -3.28. The van der Waals surface area contributed by atoms with Crippen LogP contribution in [0.15, 0.2) is 29.2 Å². The van der Waals surface area contributed by atoms with Crippen LogP contribution in [0.1, 0.15) is 46.0 Å². The van der Waals surface area contributed by atoms with Gasteiger partial charge in [0.1, 0.15) is 5.75 Å². The summed E-state index contributed by atoms with van der Waals surface area (Å²) in [6, 6.07) is 5.88. The zero-order valence-corrected chi connectivity index (χ0v) is 15.7. The van der Waals surface area contributed by atoms with Gasteiger partial charge < -0.3 is 9.72 Å². The second kappa shape index (κ2) is 6.84. The molecule has 1 heterocycles. The molecule has 0 amide bonds. The maximum Gasteiger partial charge on any atom is 0.219 e. The average molecular weight is 363 g/mol. The Hall–Kier alpha value is -2.41. The molecule has 0 saturated heterocycles. The Morgan fingerprint density at radius 1 is 1.12 bits per heavy atom. The SMILES string of the molecule is CC(=O)c1c(C)[nH]c(C(=O)[C@H](C)Oc2ccc(S(C)(=O)=O)cc2)c1C. The lowest BCUT2D eigenvalue weighted by Crippen LogP contribution is -2.25. The predicted octanol–water partition coefficient (Wildman–Crippen LogP) is 2.89. The van der Waals surface area contributed by atoms with Gasteiger partial charge in [-0.25, -0.2) is 8.42 Å². The molecule has 25 heavy (non-hydrogen) atoms. The van der Waals surface area contributed by atoms with Crippen LogP contribution in [0.4, 0.5) is 0 Å². The zero-order chi connectivity index (χ0) is 18.9. The summed E-state index contributed by atoms with van der Waals surface area (Å²) < 4.78 is 28.5. The average Bonchev–Trinajstić information content (AvgIpc) is 2.80. The Balaban J connectivity index is 2.21. The number of aromatic amines is 1. The van der Waals surface area contributed by atoms with Crippen molar-refractivity contribution in [3.63, 3.8) is 0 Å². The Labute approximate surface area is 147 Å². The quantitative estimate of drug-likeness (QED) is 0.797. The number of carbonyl (C=O) groups excluding carboxylic acids is 2. The molecule has 0 spiro atoms. The van der Waals surface area contributed by atoms with E-state index in [0.29, 0.717) is 28.3 Å². The van der Waals surface area contributed by atoms with Crippen molar-refractivity contribution in [1.82, 2.24) is 4.98 Å². The molecule has 1 atom stereocenters. The van der Waals surface area contributed by atoms with Gasteiger partial charge in [0.05, 0.1) is 10.6 Å². The number of ether oxygens (including phenoxy) is 1. The standard InChI is InChI=1S/C18H21NO5S/c1-10-16(12(3)20)11(2)19-17(10)18(21)13(4)24-14-6-8-15(9-7-14)25(5,22)23/h6-9,13,19H,1-5H3/t13-/m0/s1. The molecule has 0 radical (unpaired) electrons. The molecule has 0 aliphatic heterocycles. The number of H-pyrrole nitrogens is 1. The van der Waals surface area contributed by atoms with Gasteiger partial charge in [0.25, 0.3) is 0 Å². The molecule has 6 nitrogen and oxygen atoms in total. The van der Waals surface area contributed by atoms with E-state index in [2.05, 4.69) is 4.98 Å². The van der Waals surface area contributed by atoms with Gasteiger partial charge in [0, 0.05) is 17.5 Å². The second-order valence-corrected chi connectivity index (χ2v) is 8.06. The van der Waals surface area contributed by atoms with Gasteiger partial charge in [0.2, 0.25) is 5.78 Å². The number of aromatic nitrogens is 1. The number of nitrogens with one attached hydrogen (secondary N) is 1. The second-order valence-electron chi connectivity index (χ2n) is 6.05. The fraction of sp³-hybridized carbons (Fsp3) is 0.333. The van der Waals surface area contributed by atoms with Gasteiger partial charge in [0.15, 0.2) is 21.7 Å². The molecule has 0 bridgehead atoms. The van der Waals surface area contributed by atoms with E-state index in [-0.39, 0.29) is 16.5 Å². The van der Waals surface area contributed by atoms with Gasteiger partial charge in [-0.05, 0) is 57.5 Å². The molecule has 2 rings (SSSR count). The Bertz CT molecular complexity index is 923. The Morgan fingerprint density at radius 3 is 2.12 bits per heavy atom. The zero-order valence-electron chi connectivity index (χ0n) is 14.8. The van der Waals surface area contributed by atoms with Crippen LogP contribution in [0.5, 0.6) is 5.75 Å². The summed E-state index contributed by atoms with van der Waals surface area (Å²) in [4.78, 5) is 27.4. The highest BCUT2D eigenvalue weighted by Gasteiger charge is 2.24. The third-order valence-electron chi connectivity index (χ3n) is 3.97. The van der Waals surface area contributed by atoms with Gasteiger partial charge in [-0.3, -0.25) is 9.59 Å². The predicted molar refractivity (Wildman–Crippen MR) is 94.2 cm³/mol. The molecular formula is C18H21NO5S. The summed E-state index contributed by atoms with van der Waals surface area (Å²) in [6.45, 7) is 6.54.